The smallest absolute Gasteiger partial charge is 0.335 e. The molecule has 0 radical (unpaired) electrons. The molecule has 7 nitrogen and oxygen atoms in total. The predicted octanol–water partition coefficient (Wildman–Crippen LogP) is 5.33. The number of carboxylic acids is 1. The van der Waals surface area contributed by atoms with Crippen molar-refractivity contribution in [1.29, 1.82) is 0 Å². The molecule has 7 heteroatoms. The van der Waals surface area contributed by atoms with E-state index in [1.807, 2.05) is 6.92 Å². The van der Waals surface area contributed by atoms with Gasteiger partial charge in [-0.15, -0.1) is 0 Å². The van der Waals surface area contributed by atoms with E-state index in [2.05, 4.69) is 11.8 Å². The molecule has 0 aromatic heterocycles. The van der Waals surface area contributed by atoms with E-state index >= 15 is 0 Å². The van der Waals surface area contributed by atoms with Crippen LogP contribution in [0, 0.1) is 29.6 Å². The number of carbonyl (C=O) groups is 1. The predicted molar refractivity (Wildman–Crippen MR) is 142 cm³/mol. The summed E-state index contributed by atoms with van der Waals surface area (Å²) in [6.45, 7) is 2.56. The van der Waals surface area contributed by atoms with Crippen LogP contribution in [-0.2, 0) is 10.2 Å². The van der Waals surface area contributed by atoms with Gasteiger partial charge in [0, 0.05) is 28.7 Å². The van der Waals surface area contributed by atoms with Crippen LogP contribution in [0.5, 0.6) is 17.2 Å². The Bertz CT molecular complexity index is 1200. The van der Waals surface area contributed by atoms with Crippen molar-refractivity contribution in [2.75, 3.05) is 27.6 Å². The Balaban J connectivity index is 1.59. The van der Waals surface area contributed by atoms with Gasteiger partial charge in [0.1, 0.15) is 11.9 Å². The van der Waals surface area contributed by atoms with Gasteiger partial charge in [0.25, 0.3) is 0 Å². The Hall–Kier alpha value is -3.21. The fourth-order valence-electron chi connectivity index (χ4n) is 7.37. The number of aromatic carboxylic acids is 1. The van der Waals surface area contributed by atoms with Gasteiger partial charge in [-0.25, -0.2) is 4.79 Å². The van der Waals surface area contributed by atoms with Crippen LogP contribution < -0.4 is 14.2 Å². The summed E-state index contributed by atoms with van der Waals surface area (Å²) >= 11 is 0. The molecule has 38 heavy (non-hydrogen) atoms. The molecule has 2 aromatic carbocycles. The van der Waals surface area contributed by atoms with Crippen LogP contribution in [0.15, 0.2) is 30.3 Å². The van der Waals surface area contributed by atoms with Crippen LogP contribution in [0.25, 0.3) is 0 Å². The summed E-state index contributed by atoms with van der Waals surface area (Å²) in [4.78, 5) is 11.1. The van der Waals surface area contributed by atoms with Crippen LogP contribution >= 0.6 is 0 Å². The standard InChI is InChI=1S/C31H36O7/c1-4-37-18-38-29-26(35-2)14-24(25(32)10-7-19-5-8-23(9-6-19)30(33)34)28(36-3)27(29)31-15-20-11-21(16-31)13-22(12-20)17-31/h5-6,8-9,14,20-22,25,32H,4,11-13,15-18H2,1-3H3,(H,33,34). The number of aliphatic hydroxyl groups excluding tert-OH is 1. The second-order valence-corrected chi connectivity index (χ2v) is 10.9. The second-order valence-electron chi connectivity index (χ2n) is 10.9. The number of benzene rings is 2. The van der Waals surface area contributed by atoms with E-state index in [4.69, 9.17) is 24.1 Å². The molecule has 4 bridgehead atoms. The quantitative estimate of drug-likeness (QED) is 0.262. The summed E-state index contributed by atoms with van der Waals surface area (Å²) in [7, 11) is 3.23. The maximum atomic E-state index is 11.3. The molecule has 0 heterocycles. The largest absolute Gasteiger partial charge is 0.496 e. The molecule has 4 saturated carbocycles. The first-order chi connectivity index (χ1) is 18.4. The Morgan fingerprint density at radius 2 is 1.66 bits per heavy atom. The van der Waals surface area contributed by atoms with Crippen molar-refractivity contribution in [2.24, 2.45) is 17.8 Å². The Labute approximate surface area is 224 Å². The van der Waals surface area contributed by atoms with Gasteiger partial charge in [0.2, 0.25) is 0 Å². The molecule has 2 aromatic rings. The summed E-state index contributed by atoms with van der Waals surface area (Å²) < 4.78 is 23.7. The molecule has 6 rings (SSSR count). The SMILES string of the molecule is CCOCOc1c(OC)cc(C(O)C#Cc2ccc(C(=O)O)cc2)c(OC)c1C12CC3CC(CC(C3)C1)C2. The highest BCUT2D eigenvalue weighted by atomic mass is 16.7. The Morgan fingerprint density at radius 3 is 2.18 bits per heavy atom. The summed E-state index contributed by atoms with van der Waals surface area (Å²) in [5.41, 5.74) is 2.20. The van der Waals surface area contributed by atoms with Gasteiger partial charge in [0.15, 0.2) is 18.3 Å². The molecule has 0 saturated heterocycles. The highest BCUT2D eigenvalue weighted by Crippen LogP contribution is 2.64. The normalized spacial score (nSPS) is 25.8. The average Bonchev–Trinajstić information content (AvgIpc) is 2.90. The van der Waals surface area contributed by atoms with E-state index in [9.17, 15) is 9.90 Å². The van der Waals surface area contributed by atoms with Crippen molar-refractivity contribution in [3.05, 3.63) is 52.6 Å². The molecule has 2 N–H and O–H groups in total. The number of aliphatic hydroxyl groups is 1. The van der Waals surface area contributed by atoms with Crippen molar-refractivity contribution in [2.45, 2.75) is 57.0 Å². The summed E-state index contributed by atoms with van der Waals surface area (Å²) in [5, 5.41) is 20.4. The molecular formula is C31H36O7. The van der Waals surface area contributed by atoms with Crippen LogP contribution in [0.2, 0.25) is 0 Å². The topological polar surface area (TPSA) is 94.5 Å². The van der Waals surface area contributed by atoms with E-state index in [1.54, 1.807) is 32.4 Å². The first-order valence-corrected chi connectivity index (χ1v) is 13.4. The van der Waals surface area contributed by atoms with Crippen molar-refractivity contribution in [1.82, 2.24) is 0 Å². The van der Waals surface area contributed by atoms with Crippen LogP contribution in [0.1, 0.15) is 78.6 Å². The fourth-order valence-corrected chi connectivity index (χ4v) is 7.37. The molecule has 0 amide bonds. The van der Waals surface area contributed by atoms with Gasteiger partial charge in [-0.05, 0) is 93.5 Å². The number of ether oxygens (including phenoxy) is 4. The Kier molecular flexibility index (Phi) is 7.56. The zero-order valence-electron chi connectivity index (χ0n) is 22.3. The molecular weight excluding hydrogens is 484 g/mol. The van der Waals surface area contributed by atoms with Gasteiger partial charge in [-0.2, -0.15) is 0 Å². The van der Waals surface area contributed by atoms with E-state index < -0.39 is 12.1 Å². The number of hydrogen-bond acceptors (Lipinski definition) is 6. The number of methoxy groups -OCH3 is 2. The van der Waals surface area contributed by atoms with Gasteiger partial charge < -0.3 is 29.2 Å². The number of rotatable bonds is 9. The van der Waals surface area contributed by atoms with E-state index in [1.165, 1.54) is 31.4 Å². The fraction of sp³-hybridized carbons (Fsp3) is 0.516. The van der Waals surface area contributed by atoms with E-state index in [0.717, 1.165) is 24.8 Å². The average molecular weight is 521 g/mol. The molecule has 0 spiro atoms. The molecule has 4 aliphatic rings. The third-order valence-corrected chi connectivity index (χ3v) is 8.49. The first-order valence-electron chi connectivity index (χ1n) is 13.4. The monoisotopic (exact) mass is 520 g/mol. The van der Waals surface area contributed by atoms with Crippen LogP contribution in [0.4, 0.5) is 0 Å². The minimum Gasteiger partial charge on any atom is -0.496 e. The third kappa shape index (κ3) is 4.95. The van der Waals surface area contributed by atoms with Gasteiger partial charge >= 0.3 is 5.97 Å². The Morgan fingerprint density at radius 1 is 1.03 bits per heavy atom. The molecule has 4 aliphatic carbocycles. The molecule has 1 unspecified atom stereocenters. The van der Waals surface area contributed by atoms with Gasteiger partial charge in [-0.1, -0.05) is 11.8 Å². The van der Waals surface area contributed by atoms with Crippen molar-refractivity contribution < 1.29 is 34.0 Å². The minimum atomic E-state index is -1.15. The zero-order valence-corrected chi connectivity index (χ0v) is 22.3. The lowest BCUT2D eigenvalue weighted by Crippen LogP contribution is -2.49. The highest BCUT2D eigenvalue weighted by molar-refractivity contribution is 5.87. The molecule has 0 aliphatic heterocycles. The third-order valence-electron chi connectivity index (χ3n) is 8.49. The van der Waals surface area contributed by atoms with Crippen LogP contribution in [0.3, 0.4) is 0 Å². The maximum Gasteiger partial charge on any atom is 0.335 e. The maximum absolute atomic E-state index is 11.3. The van der Waals surface area contributed by atoms with Gasteiger partial charge in [-0.3, -0.25) is 0 Å². The first kappa shape index (κ1) is 26.4. The lowest BCUT2D eigenvalue weighted by atomic mass is 9.47. The molecule has 202 valence electrons. The summed E-state index contributed by atoms with van der Waals surface area (Å²) in [6, 6.07) is 8.01. The molecule has 1 atom stereocenters. The van der Waals surface area contributed by atoms with Crippen molar-refractivity contribution in [3.8, 4) is 29.1 Å². The van der Waals surface area contributed by atoms with Gasteiger partial charge in [0.05, 0.1) is 19.8 Å². The lowest BCUT2D eigenvalue weighted by molar-refractivity contribution is -0.0126. The summed E-state index contributed by atoms with van der Waals surface area (Å²) in [5.74, 6) is 8.73. The second kappa shape index (κ2) is 10.9. The van der Waals surface area contributed by atoms with Crippen molar-refractivity contribution >= 4 is 5.97 Å². The minimum absolute atomic E-state index is 0.101. The number of carboxylic acid groups (broad SMARTS) is 1. The summed E-state index contributed by atoms with van der Waals surface area (Å²) in [6.07, 6.45) is 5.96. The van der Waals surface area contributed by atoms with E-state index in [-0.39, 0.29) is 17.8 Å². The lowest BCUT2D eigenvalue weighted by Gasteiger charge is -2.57. The number of hydrogen-bond donors (Lipinski definition) is 2. The van der Waals surface area contributed by atoms with Crippen LogP contribution in [-0.4, -0.2) is 43.8 Å². The molecule has 4 fully saturated rings. The highest BCUT2D eigenvalue weighted by Gasteiger charge is 2.54. The van der Waals surface area contributed by atoms with E-state index in [0.29, 0.717) is 52.7 Å². The zero-order chi connectivity index (χ0) is 26.9. The van der Waals surface area contributed by atoms with Crippen molar-refractivity contribution in [3.63, 3.8) is 0 Å².